The lowest BCUT2D eigenvalue weighted by molar-refractivity contribution is 0.104. The van der Waals surface area contributed by atoms with Gasteiger partial charge in [-0.3, -0.25) is 0 Å². The van der Waals surface area contributed by atoms with Gasteiger partial charge in [-0.1, -0.05) is 6.92 Å². The van der Waals surface area contributed by atoms with Gasteiger partial charge in [-0.2, -0.15) is 0 Å². The highest BCUT2D eigenvalue weighted by Crippen LogP contribution is 2.21. The van der Waals surface area contributed by atoms with E-state index in [1.807, 2.05) is 13.0 Å². The molecule has 18 heavy (non-hydrogen) atoms. The number of aliphatic hydroxyl groups is 1. The number of benzene rings is 1. The predicted molar refractivity (Wildman–Crippen MR) is 68.1 cm³/mol. The lowest BCUT2D eigenvalue weighted by atomic mass is 10.2. The van der Waals surface area contributed by atoms with Crippen LogP contribution >= 0.6 is 0 Å². The molecule has 0 bridgehead atoms. The zero-order valence-electron chi connectivity index (χ0n) is 10.7. The molecule has 1 atom stereocenters. The molecule has 0 amide bonds. The number of hydrogen-bond donors (Lipinski definition) is 2. The van der Waals surface area contributed by atoms with Gasteiger partial charge < -0.3 is 15.2 Å². The number of halogens is 1. The quantitative estimate of drug-likeness (QED) is 0.783. The average Bonchev–Trinajstić information content (AvgIpc) is 3.17. The Morgan fingerprint density at radius 2 is 2.22 bits per heavy atom. The van der Waals surface area contributed by atoms with E-state index in [9.17, 15) is 9.50 Å². The van der Waals surface area contributed by atoms with Crippen molar-refractivity contribution in [1.29, 1.82) is 0 Å². The summed E-state index contributed by atoms with van der Waals surface area (Å²) in [5.41, 5.74) is 0.878. The largest absolute Gasteiger partial charge is 0.491 e. The molecule has 1 aromatic carbocycles. The van der Waals surface area contributed by atoms with E-state index in [1.54, 1.807) is 0 Å². The molecular formula is C14H20FNO2. The standard InChI is InChI=1S/C14H20FNO2/c1-2-13(17)9-18-14-6-10(5-11(15)7-14)8-16-12-3-4-12/h5-7,12-13,16-17H,2-4,8-9H2,1H3. The Kier molecular flexibility index (Phi) is 4.55. The van der Waals surface area contributed by atoms with Crippen LogP contribution in [0.5, 0.6) is 5.75 Å². The second-order valence-corrected chi connectivity index (χ2v) is 4.82. The van der Waals surface area contributed by atoms with Gasteiger partial charge in [0.1, 0.15) is 18.2 Å². The Labute approximate surface area is 107 Å². The van der Waals surface area contributed by atoms with Crippen molar-refractivity contribution in [2.75, 3.05) is 6.61 Å². The fourth-order valence-electron chi connectivity index (χ4n) is 1.67. The van der Waals surface area contributed by atoms with Crippen LogP contribution in [-0.2, 0) is 6.54 Å². The van der Waals surface area contributed by atoms with Crippen molar-refractivity contribution in [3.63, 3.8) is 0 Å². The minimum absolute atomic E-state index is 0.204. The molecule has 1 aliphatic rings. The van der Waals surface area contributed by atoms with Gasteiger partial charge in [-0.25, -0.2) is 4.39 Å². The van der Waals surface area contributed by atoms with Crippen molar-refractivity contribution < 1.29 is 14.2 Å². The van der Waals surface area contributed by atoms with Gasteiger partial charge in [-0.05, 0) is 37.0 Å². The highest BCUT2D eigenvalue weighted by atomic mass is 19.1. The number of hydrogen-bond acceptors (Lipinski definition) is 3. The summed E-state index contributed by atoms with van der Waals surface area (Å²) in [6, 6.07) is 5.28. The van der Waals surface area contributed by atoms with Crippen LogP contribution < -0.4 is 10.1 Å². The molecule has 0 aliphatic heterocycles. The summed E-state index contributed by atoms with van der Waals surface area (Å²) in [7, 11) is 0. The molecule has 0 radical (unpaired) electrons. The van der Waals surface area contributed by atoms with E-state index >= 15 is 0 Å². The summed E-state index contributed by atoms with van der Waals surface area (Å²) >= 11 is 0. The van der Waals surface area contributed by atoms with Crippen molar-refractivity contribution in [3.05, 3.63) is 29.6 Å². The van der Waals surface area contributed by atoms with Gasteiger partial charge in [0.05, 0.1) is 6.10 Å². The predicted octanol–water partition coefficient (Wildman–Crippen LogP) is 2.23. The SMILES string of the molecule is CCC(O)COc1cc(F)cc(CNC2CC2)c1. The van der Waals surface area contributed by atoms with Crippen LogP contribution in [0.1, 0.15) is 31.7 Å². The first-order valence-electron chi connectivity index (χ1n) is 6.51. The summed E-state index contributed by atoms with van der Waals surface area (Å²) in [5.74, 6) is 0.182. The summed E-state index contributed by atoms with van der Waals surface area (Å²) in [6.07, 6.45) is 2.55. The van der Waals surface area contributed by atoms with Gasteiger partial charge >= 0.3 is 0 Å². The van der Waals surface area contributed by atoms with Crippen LogP contribution in [0.4, 0.5) is 4.39 Å². The fraction of sp³-hybridized carbons (Fsp3) is 0.571. The Morgan fingerprint density at radius 1 is 1.44 bits per heavy atom. The molecular weight excluding hydrogens is 233 g/mol. The second-order valence-electron chi connectivity index (χ2n) is 4.82. The molecule has 0 heterocycles. The molecule has 100 valence electrons. The van der Waals surface area contributed by atoms with Crippen molar-refractivity contribution >= 4 is 0 Å². The monoisotopic (exact) mass is 253 g/mol. The van der Waals surface area contributed by atoms with Crippen LogP contribution in [0, 0.1) is 5.82 Å². The zero-order chi connectivity index (χ0) is 13.0. The molecule has 2 rings (SSSR count). The fourth-order valence-corrected chi connectivity index (χ4v) is 1.67. The first kappa shape index (κ1) is 13.3. The maximum Gasteiger partial charge on any atom is 0.127 e. The Hall–Kier alpha value is -1.13. The summed E-state index contributed by atoms with van der Waals surface area (Å²) in [5, 5.41) is 12.7. The van der Waals surface area contributed by atoms with Crippen molar-refractivity contribution in [1.82, 2.24) is 5.32 Å². The van der Waals surface area contributed by atoms with E-state index in [1.165, 1.54) is 25.0 Å². The van der Waals surface area contributed by atoms with Crippen LogP contribution in [0.3, 0.4) is 0 Å². The Morgan fingerprint density at radius 3 is 2.89 bits per heavy atom. The second kappa shape index (κ2) is 6.16. The summed E-state index contributed by atoms with van der Waals surface area (Å²) in [6.45, 7) is 2.75. The molecule has 1 aliphatic carbocycles. The van der Waals surface area contributed by atoms with Crippen LogP contribution in [-0.4, -0.2) is 23.9 Å². The molecule has 3 nitrogen and oxygen atoms in total. The first-order chi connectivity index (χ1) is 8.67. The molecule has 1 fully saturated rings. The Balaban J connectivity index is 1.91. The molecule has 0 aromatic heterocycles. The van der Waals surface area contributed by atoms with Crippen molar-refractivity contribution in [3.8, 4) is 5.75 Å². The molecule has 1 saturated carbocycles. The minimum atomic E-state index is -0.499. The highest BCUT2D eigenvalue weighted by molar-refractivity contribution is 5.29. The van der Waals surface area contributed by atoms with Crippen LogP contribution in [0.15, 0.2) is 18.2 Å². The molecule has 1 aromatic rings. The lowest BCUT2D eigenvalue weighted by Gasteiger charge is -2.12. The number of ether oxygens (including phenoxy) is 1. The summed E-state index contributed by atoms with van der Waals surface area (Å²) in [4.78, 5) is 0. The number of aliphatic hydroxyl groups excluding tert-OH is 1. The number of rotatable bonds is 7. The smallest absolute Gasteiger partial charge is 0.127 e. The third kappa shape index (κ3) is 4.27. The van der Waals surface area contributed by atoms with Gasteiger partial charge in [0, 0.05) is 18.7 Å². The third-order valence-corrected chi connectivity index (χ3v) is 3.02. The zero-order valence-corrected chi connectivity index (χ0v) is 10.7. The lowest BCUT2D eigenvalue weighted by Crippen LogP contribution is -2.17. The highest BCUT2D eigenvalue weighted by Gasteiger charge is 2.20. The van der Waals surface area contributed by atoms with E-state index in [4.69, 9.17) is 4.74 Å². The maximum absolute atomic E-state index is 13.4. The van der Waals surface area contributed by atoms with E-state index < -0.39 is 6.10 Å². The van der Waals surface area contributed by atoms with E-state index in [0.717, 1.165) is 5.56 Å². The molecule has 4 heteroatoms. The van der Waals surface area contributed by atoms with Crippen molar-refractivity contribution in [2.24, 2.45) is 0 Å². The molecule has 2 N–H and O–H groups in total. The van der Waals surface area contributed by atoms with E-state index in [2.05, 4.69) is 5.32 Å². The normalized spacial score (nSPS) is 16.6. The summed E-state index contributed by atoms with van der Waals surface area (Å²) < 4.78 is 18.8. The van der Waals surface area contributed by atoms with Crippen molar-refractivity contribution in [2.45, 2.75) is 44.9 Å². The van der Waals surface area contributed by atoms with Crippen LogP contribution in [0.2, 0.25) is 0 Å². The van der Waals surface area contributed by atoms with Gasteiger partial charge in [0.25, 0.3) is 0 Å². The topological polar surface area (TPSA) is 41.5 Å². The first-order valence-corrected chi connectivity index (χ1v) is 6.51. The van der Waals surface area contributed by atoms with Gasteiger partial charge in [0.2, 0.25) is 0 Å². The average molecular weight is 253 g/mol. The molecule has 0 spiro atoms. The maximum atomic E-state index is 13.4. The Bertz CT molecular complexity index is 393. The number of nitrogens with one attached hydrogen (secondary N) is 1. The van der Waals surface area contributed by atoms with E-state index in [-0.39, 0.29) is 12.4 Å². The minimum Gasteiger partial charge on any atom is -0.491 e. The van der Waals surface area contributed by atoms with Crippen LogP contribution in [0.25, 0.3) is 0 Å². The molecule has 1 unspecified atom stereocenters. The van der Waals surface area contributed by atoms with Gasteiger partial charge in [-0.15, -0.1) is 0 Å². The molecule has 0 saturated heterocycles. The van der Waals surface area contributed by atoms with Gasteiger partial charge in [0.15, 0.2) is 0 Å². The third-order valence-electron chi connectivity index (χ3n) is 3.02. The van der Waals surface area contributed by atoms with E-state index in [0.29, 0.717) is 24.8 Å².